The second-order valence-corrected chi connectivity index (χ2v) is 9.62. The molecule has 12 heavy (non-hydrogen) atoms. The first-order chi connectivity index (χ1) is 5.45. The molecule has 0 radical (unpaired) electrons. The topological polar surface area (TPSA) is 0 Å². The third-order valence-electron chi connectivity index (χ3n) is 3.16. The second-order valence-electron chi connectivity index (χ2n) is 4.39. The molecule has 0 atom stereocenters. The Morgan fingerprint density at radius 3 is 1.92 bits per heavy atom. The first kappa shape index (κ1) is 12.0. The highest BCUT2D eigenvalue weighted by Crippen LogP contribution is 2.23. The SMILES string of the molecule is CCCC(C)=C(C)[Si](C)(C)CC. The van der Waals surface area contributed by atoms with Crippen molar-refractivity contribution in [3.8, 4) is 0 Å². The first-order valence-electron chi connectivity index (χ1n) is 5.12. The monoisotopic (exact) mass is 184 g/mol. The van der Waals surface area contributed by atoms with E-state index in [1.54, 1.807) is 10.8 Å². The van der Waals surface area contributed by atoms with Crippen LogP contribution in [-0.2, 0) is 0 Å². The average Bonchev–Trinajstić information content (AvgIpc) is 2.03. The van der Waals surface area contributed by atoms with E-state index in [0.717, 1.165) is 0 Å². The minimum atomic E-state index is -1.00. The van der Waals surface area contributed by atoms with Gasteiger partial charge in [-0.25, -0.2) is 0 Å². The largest absolute Gasteiger partial charge is 0.0849 e. The highest BCUT2D eigenvalue weighted by atomic mass is 28.3. The van der Waals surface area contributed by atoms with E-state index in [-0.39, 0.29) is 0 Å². The Morgan fingerprint density at radius 1 is 1.08 bits per heavy atom. The number of hydrogen-bond acceptors (Lipinski definition) is 0. The van der Waals surface area contributed by atoms with Gasteiger partial charge >= 0.3 is 0 Å². The first-order valence-corrected chi connectivity index (χ1v) is 8.33. The lowest BCUT2D eigenvalue weighted by molar-refractivity contribution is 0.897. The molecule has 0 aliphatic heterocycles. The highest BCUT2D eigenvalue weighted by Gasteiger charge is 2.21. The fourth-order valence-electron chi connectivity index (χ4n) is 1.41. The van der Waals surface area contributed by atoms with Crippen LogP contribution in [-0.4, -0.2) is 8.07 Å². The molecule has 0 aliphatic rings. The van der Waals surface area contributed by atoms with Gasteiger partial charge in [-0.3, -0.25) is 0 Å². The van der Waals surface area contributed by atoms with Crippen LogP contribution in [0.3, 0.4) is 0 Å². The molecule has 0 spiro atoms. The molecule has 0 saturated carbocycles. The summed E-state index contributed by atoms with van der Waals surface area (Å²) in [5.74, 6) is 0. The minimum absolute atomic E-state index is 1.00. The molecule has 0 N–H and O–H groups in total. The molecule has 0 aliphatic carbocycles. The predicted molar refractivity (Wildman–Crippen MR) is 61.2 cm³/mol. The van der Waals surface area contributed by atoms with Gasteiger partial charge in [-0.05, 0) is 20.3 Å². The fraction of sp³-hybridized carbons (Fsp3) is 0.818. The van der Waals surface area contributed by atoms with Gasteiger partial charge in [0.05, 0.1) is 8.07 Å². The smallest absolute Gasteiger partial charge is 0.0747 e. The van der Waals surface area contributed by atoms with E-state index < -0.39 is 8.07 Å². The summed E-state index contributed by atoms with van der Waals surface area (Å²) in [5, 5.41) is 1.73. The molecule has 0 fully saturated rings. The number of rotatable bonds is 4. The molecular weight excluding hydrogens is 160 g/mol. The van der Waals surface area contributed by atoms with Crippen LogP contribution in [0.2, 0.25) is 19.1 Å². The van der Waals surface area contributed by atoms with Crippen LogP contribution in [0.4, 0.5) is 0 Å². The maximum Gasteiger partial charge on any atom is 0.0747 e. The van der Waals surface area contributed by atoms with Gasteiger partial charge in [0.25, 0.3) is 0 Å². The summed E-state index contributed by atoms with van der Waals surface area (Å²) >= 11 is 0. The lowest BCUT2D eigenvalue weighted by atomic mass is 10.2. The van der Waals surface area contributed by atoms with E-state index in [2.05, 4.69) is 40.8 Å². The van der Waals surface area contributed by atoms with E-state index in [1.807, 2.05) is 0 Å². The zero-order chi connectivity index (χ0) is 9.78. The van der Waals surface area contributed by atoms with Crippen LogP contribution < -0.4 is 0 Å². The second kappa shape index (κ2) is 4.86. The number of hydrogen-bond donors (Lipinski definition) is 0. The Hall–Kier alpha value is -0.0431. The van der Waals surface area contributed by atoms with E-state index in [4.69, 9.17) is 0 Å². The van der Waals surface area contributed by atoms with Crippen molar-refractivity contribution in [1.82, 2.24) is 0 Å². The quantitative estimate of drug-likeness (QED) is 0.568. The molecule has 0 aromatic heterocycles. The normalized spacial score (nSPS) is 14.5. The third kappa shape index (κ3) is 3.14. The molecule has 0 rings (SSSR count). The fourth-order valence-corrected chi connectivity index (χ4v) is 3.22. The van der Waals surface area contributed by atoms with Crippen molar-refractivity contribution in [2.75, 3.05) is 0 Å². The summed E-state index contributed by atoms with van der Waals surface area (Å²) in [6, 6.07) is 1.37. The van der Waals surface area contributed by atoms with E-state index in [0.29, 0.717) is 0 Å². The molecule has 1 heteroatoms. The molecule has 0 amide bonds. The Morgan fingerprint density at radius 2 is 1.58 bits per heavy atom. The zero-order valence-corrected chi connectivity index (χ0v) is 10.6. The standard InChI is InChI=1S/C11H24Si/c1-7-9-10(3)11(4)12(5,6)8-2/h7-9H2,1-6H3. The van der Waals surface area contributed by atoms with Crippen LogP contribution in [0.5, 0.6) is 0 Å². The molecule has 0 heterocycles. The van der Waals surface area contributed by atoms with Crippen molar-refractivity contribution >= 4 is 8.07 Å². The Kier molecular flexibility index (Phi) is 4.84. The summed E-state index contributed by atoms with van der Waals surface area (Å²) in [4.78, 5) is 0. The highest BCUT2D eigenvalue weighted by molar-refractivity contribution is 6.84. The van der Waals surface area contributed by atoms with E-state index >= 15 is 0 Å². The molecule has 0 aromatic rings. The third-order valence-corrected chi connectivity index (χ3v) is 7.39. The van der Waals surface area contributed by atoms with Crippen molar-refractivity contribution in [1.29, 1.82) is 0 Å². The van der Waals surface area contributed by atoms with Gasteiger partial charge in [-0.15, -0.1) is 0 Å². The van der Waals surface area contributed by atoms with Crippen molar-refractivity contribution in [2.45, 2.75) is 59.7 Å². The van der Waals surface area contributed by atoms with Gasteiger partial charge in [-0.1, -0.05) is 50.2 Å². The summed E-state index contributed by atoms with van der Waals surface area (Å²) < 4.78 is 0. The Labute approximate surface area is 79.1 Å². The lowest BCUT2D eigenvalue weighted by Crippen LogP contribution is -2.27. The van der Waals surface area contributed by atoms with Gasteiger partial charge in [-0.2, -0.15) is 0 Å². The van der Waals surface area contributed by atoms with Gasteiger partial charge in [0.2, 0.25) is 0 Å². The van der Waals surface area contributed by atoms with Crippen LogP contribution in [0.25, 0.3) is 0 Å². The molecule has 0 saturated heterocycles. The zero-order valence-electron chi connectivity index (χ0n) is 9.62. The lowest BCUT2D eigenvalue weighted by Gasteiger charge is -2.24. The maximum absolute atomic E-state index is 2.47. The van der Waals surface area contributed by atoms with Crippen LogP contribution in [0.1, 0.15) is 40.5 Å². The van der Waals surface area contributed by atoms with E-state index in [9.17, 15) is 0 Å². The van der Waals surface area contributed by atoms with Gasteiger partial charge in [0, 0.05) is 0 Å². The average molecular weight is 184 g/mol. The van der Waals surface area contributed by atoms with E-state index in [1.165, 1.54) is 18.9 Å². The number of allylic oxidation sites excluding steroid dienone is 2. The Balaban J connectivity index is 4.52. The van der Waals surface area contributed by atoms with Gasteiger partial charge in [0.15, 0.2) is 0 Å². The van der Waals surface area contributed by atoms with Crippen molar-refractivity contribution in [3.63, 3.8) is 0 Å². The van der Waals surface area contributed by atoms with Gasteiger partial charge in [0.1, 0.15) is 0 Å². The van der Waals surface area contributed by atoms with Crippen molar-refractivity contribution < 1.29 is 0 Å². The molecule has 0 nitrogen and oxygen atoms in total. The van der Waals surface area contributed by atoms with Crippen LogP contribution in [0, 0.1) is 0 Å². The molecule has 0 aromatic carbocycles. The summed E-state index contributed by atoms with van der Waals surface area (Å²) in [7, 11) is -1.00. The summed E-state index contributed by atoms with van der Waals surface area (Å²) in [6.07, 6.45) is 2.58. The maximum atomic E-state index is 2.47. The molecule has 0 bridgehead atoms. The van der Waals surface area contributed by atoms with Crippen molar-refractivity contribution in [3.05, 3.63) is 10.8 Å². The summed E-state index contributed by atoms with van der Waals surface area (Å²) in [5.41, 5.74) is 1.65. The van der Waals surface area contributed by atoms with Crippen LogP contribution in [0.15, 0.2) is 10.8 Å². The van der Waals surface area contributed by atoms with Gasteiger partial charge < -0.3 is 0 Å². The predicted octanol–water partition coefficient (Wildman–Crippen LogP) is 4.39. The molecule has 72 valence electrons. The van der Waals surface area contributed by atoms with Crippen LogP contribution >= 0.6 is 0 Å². The molecule has 0 unspecified atom stereocenters. The minimum Gasteiger partial charge on any atom is -0.0849 e. The Bertz CT molecular complexity index is 166. The van der Waals surface area contributed by atoms with Crippen molar-refractivity contribution in [2.24, 2.45) is 0 Å². The molecular formula is C11H24Si. The summed E-state index contributed by atoms with van der Waals surface area (Å²) in [6.45, 7) is 14.2.